The average molecular weight is 431 g/mol. The number of nitrogens with one attached hydrogen (secondary N) is 2. The maximum absolute atomic E-state index is 13.3. The van der Waals surface area contributed by atoms with Gasteiger partial charge in [-0.2, -0.15) is 0 Å². The summed E-state index contributed by atoms with van der Waals surface area (Å²) in [5, 5.41) is 7.82. The Morgan fingerprint density at radius 2 is 2.03 bits per heavy atom. The first-order chi connectivity index (χ1) is 15.5. The van der Waals surface area contributed by atoms with E-state index in [1.165, 1.54) is 35.7 Å². The first-order valence-corrected chi connectivity index (χ1v) is 11.9. The summed E-state index contributed by atoms with van der Waals surface area (Å²) in [4.78, 5) is 15.5. The smallest absolute Gasteiger partial charge is 0.252 e. The highest BCUT2D eigenvalue weighted by atomic mass is 16.1. The molecule has 5 nitrogen and oxygen atoms in total. The summed E-state index contributed by atoms with van der Waals surface area (Å²) >= 11 is 0. The lowest BCUT2D eigenvalue weighted by Gasteiger charge is -2.37. The van der Waals surface area contributed by atoms with E-state index in [0.29, 0.717) is 6.04 Å². The molecule has 3 aromatic rings. The highest BCUT2D eigenvalue weighted by molar-refractivity contribution is 5.97. The second-order valence-electron chi connectivity index (χ2n) is 9.66. The molecule has 1 amide bonds. The third kappa shape index (κ3) is 3.90. The Morgan fingerprint density at radius 3 is 2.72 bits per heavy atom. The van der Waals surface area contributed by atoms with Crippen LogP contribution >= 0.6 is 0 Å². The van der Waals surface area contributed by atoms with E-state index in [-0.39, 0.29) is 11.9 Å². The minimum atomic E-state index is -0.0672. The van der Waals surface area contributed by atoms with Gasteiger partial charge in [-0.25, -0.2) is 0 Å². The molecule has 2 aromatic carbocycles. The number of aromatic nitrogens is 1. The molecule has 2 heterocycles. The standard InChI is InChI=1S/C27H34N4O/c1-18-10-11-21(30(3)22-15-28-16-22)14-25(18)27(32)29-19(2)23-8-5-9-26-24(23)12-13-31(26)17-20-6-4-7-20/h5,8-14,19-20,22,28H,4,6-7,15-17H2,1-3H3,(H,29,32)/t19-/m1/s1. The lowest BCUT2D eigenvalue weighted by atomic mass is 9.85. The molecule has 1 aromatic heterocycles. The van der Waals surface area contributed by atoms with Crippen molar-refractivity contribution in [3.8, 4) is 0 Å². The highest BCUT2D eigenvalue weighted by Crippen LogP contribution is 2.31. The monoisotopic (exact) mass is 430 g/mol. The molecule has 0 unspecified atom stereocenters. The van der Waals surface area contributed by atoms with Crippen LogP contribution in [0.1, 0.15) is 53.7 Å². The first-order valence-electron chi connectivity index (χ1n) is 11.9. The summed E-state index contributed by atoms with van der Waals surface area (Å²) in [5.41, 5.74) is 5.29. The Morgan fingerprint density at radius 1 is 1.22 bits per heavy atom. The Balaban J connectivity index is 1.35. The van der Waals surface area contributed by atoms with Gasteiger partial charge in [-0.15, -0.1) is 0 Å². The number of fused-ring (bicyclic) bond motifs is 1. The van der Waals surface area contributed by atoms with E-state index in [2.05, 4.69) is 76.7 Å². The molecule has 1 saturated carbocycles. The van der Waals surface area contributed by atoms with Gasteiger partial charge in [0, 0.05) is 55.0 Å². The van der Waals surface area contributed by atoms with Crippen molar-refractivity contribution in [1.82, 2.24) is 15.2 Å². The quantitative estimate of drug-likeness (QED) is 0.574. The Bertz CT molecular complexity index is 1130. The van der Waals surface area contributed by atoms with Gasteiger partial charge in [-0.3, -0.25) is 4.79 Å². The molecular weight excluding hydrogens is 396 g/mol. The van der Waals surface area contributed by atoms with Crippen LogP contribution in [0.2, 0.25) is 0 Å². The minimum absolute atomic E-state index is 0.0112. The number of amides is 1. The van der Waals surface area contributed by atoms with Crippen molar-refractivity contribution in [2.24, 2.45) is 5.92 Å². The lowest BCUT2D eigenvalue weighted by molar-refractivity contribution is 0.0939. The van der Waals surface area contributed by atoms with Crippen LogP contribution in [-0.2, 0) is 6.54 Å². The summed E-state index contributed by atoms with van der Waals surface area (Å²) < 4.78 is 2.38. The number of rotatable bonds is 7. The number of hydrogen-bond acceptors (Lipinski definition) is 3. The molecule has 168 valence electrons. The maximum Gasteiger partial charge on any atom is 0.252 e. The van der Waals surface area contributed by atoms with Crippen LogP contribution in [0.3, 0.4) is 0 Å². The van der Waals surface area contributed by atoms with E-state index >= 15 is 0 Å². The fourth-order valence-electron chi connectivity index (χ4n) is 4.92. The maximum atomic E-state index is 13.3. The number of hydrogen-bond donors (Lipinski definition) is 2. The van der Waals surface area contributed by atoms with Crippen molar-refractivity contribution in [2.45, 2.75) is 51.7 Å². The average Bonchev–Trinajstić information content (AvgIpc) is 3.12. The van der Waals surface area contributed by atoms with Crippen molar-refractivity contribution in [3.63, 3.8) is 0 Å². The van der Waals surface area contributed by atoms with Crippen molar-refractivity contribution < 1.29 is 4.79 Å². The van der Waals surface area contributed by atoms with Crippen LogP contribution in [0.5, 0.6) is 0 Å². The molecule has 2 N–H and O–H groups in total. The van der Waals surface area contributed by atoms with Gasteiger partial charge in [0.1, 0.15) is 0 Å². The molecule has 2 fully saturated rings. The van der Waals surface area contributed by atoms with Gasteiger partial charge in [-0.1, -0.05) is 24.6 Å². The SMILES string of the molecule is Cc1ccc(N(C)C2CNC2)cc1C(=O)N[C@H](C)c1cccc2c1ccn2CC1CCC1. The molecular formula is C27H34N4O. The summed E-state index contributed by atoms with van der Waals surface area (Å²) in [6, 6.07) is 15.3. The number of benzene rings is 2. The molecule has 2 aliphatic rings. The van der Waals surface area contributed by atoms with E-state index in [9.17, 15) is 4.79 Å². The zero-order valence-electron chi connectivity index (χ0n) is 19.4. The highest BCUT2D eigenvalue weighted by Gasteiger charge is 2.24. The lowest BCUT2D eigenvalue weighted by Crippen LogP contribution is -2.56. The van der Waals surface area contributed by atoms with Crippen LogP contribution in [0.15, 0.2) is 48.7 Å². The second-order valence-corrected chi connectivity index (χ2v) is 9.66. The number of carbonyl (C=O) groups is 1. The van der Waals surface area contributed by atoms with Crippen LogP contribution < -0.4 is 15.5 Å². The van der Waals surface area contributed by atoms with Crippen molar-refractivity contribution in [2.75, 3.05) is 25.0 Å². The van der Waals surface area contributed by atoms with E-state index in [1.54, 1.807) is 0 Å². The third-order valence-corrected chi connectivity index (χ3v) is 7.52. The van der Waals surface area contributed by atoms with Crippen LogP contribution in [0, 0.1) is 12.8 Å². The van der Waals surface area contributed by atoms with Gasteiger partial charge < -0.3 is 20.1 Å². The number of aryl methyl sites for hydroxylation is 1. The Hall–Kier alpha value is -2.79. The Kier molecular flexibility index (Phi) is 5.68. The van der Waals surface area contributed by atoms with Gasteiger partial charge in [0.15, 0.2) is 0 Å². The van der Waals surface area contributed by atoms with Crippen molar-refractivity contribution in [1.29, 1.82) is 0 Å². The molecule has 0 bridgehead atoms. The first kappa shape index (κ1) is 21.1. The van der Waals surface area contributed by atoms with E-state index < -0.39 is 0 Å². The number of likely N-dealkylation sites (N-methyl/N-ethyl adjacent to an activating group) is 1. The van der Waals surface area contributed by atoms with E-state index in [0.717, 1.165) is 42.4 Å². The number of carbonyl (C=O) groups excluding carboxylic acids is 1. The summed E-state index contributed by atoms with van der Waals surface area (Å²) in [6.45, 7) is 7.18. The largest absolute Gasteiger partial charge is 0.369 e. The number of nitrogens with zero attached hydrogens (tertiary/aromatic N) is 2. The summed E-state index contributed by atoms with van der Waals surface area (Å²) in [5.74, 6) is 0.804. The van der Waals surface area contributed by atoms with Crippen LogP contribution in [0.4, 0.5) is 5.69 Å². The van der Waals surface area contributed by atoms with Gasteiger partial charge >= 0.3 is 0 Å². The van der Waals surface area contributed by atoms with Gasteiger partial charge in [0.2, 0.25) is 0 Å². The van der Waals surface area contributed by atoms with Crippen molar-refractivity contribution >= 4 is 22.5 Å². The van der Waals surface area contributed by atoms with E-state index in [4.69, 9.17) is 0 Å². The van der Waals surface area contributed by atoms with Crippen molar-refractivity contribution in [3.05, 3.63) is 65.4 Å². The molecule has 5 rings (SSSR count). The van der Waals surface area contributed by atoms with Crippen LogP contribution in [-0.4, -0.2) is 36.7 Å². The fourth-order valence-corrected chi connectivity index (χ4v) is 4.92. The summed E-state index contributed by atoms with van der Waals surface area (Å²) in [7, 11) is 2.11. The fraction of sp³-hybridized carbons (Fsp3) is 0.444. The molecule has 0 radical (unpaired) electrons. The third-order valence-electron chi connectivity index (χ3n) is 7.52. The predicted octanol–water partition coefficient (Wildman–Crippen LogP) is 4.65. The molecule has 32 heavy (non-hydrogen) atoms. The number of anilines is 1. The molecule has 1 aliphatic carbocycles. The molecule has 1 aliphatic heterocycles. The zero-order chi connectivity index (χ0) is 22.2. The topological polar surface area (TPSA) is 49.3 Å². The van der Waals surface area contributed by atoms with E-state index in [1.807, 2.05) is 13.0 Å². The molecule has 5 heteroatoms. The zero-order valence-corrected chi connectivity index (χ0v) is 19.4. The van der Waals surface area contributed by atoms with Gasteiger partial charge in [0.05, 0.1) is 12.1 Å². The normalized spacial score (nSPS) is 17.6. The van der Waals surface area contributed by atoms with Gasteiger partial charge in [0.25, 0.3) is 5.91 Å². The predicted molar refractivity (Wildman–Crippen MR) is 131 cm³/mol. The minimum Gasteiger partial charge on any atom is -0.369 e. The summed E-state index contributed by atoms with van der Waals surface area (Å²) in [6.07, 6.45) is 6.26. The van der Waals surface area contributed by atoms with Crippen LogP contribution in [0.25, 0.3) is 10.9 Å². The molecule has 0 spiro atoms. The Labute approximate surface area is 190 Å². The molecule has 1 saturated heterocycles. The molecule has 1 atom stereocenters. The van der Waals surface area contributed by atoms with Gasteiger partial charge in [-0.05, 0) is 68.0 Å². The second kappa shape index (κ2) is 8.62.